The number of carboxylic acid groups (broad SMARTS) is 1. The molecule has 1 aromatic rings. The van der Waals surface area contributed by atoms with E-state index in [0.717, 1.165) is 0 Å². The van der Waals surface area contributed by atoms with Crippen LogP contribution in [0.25, 0.3) is 0 Å². The number of amides is 2. The van der Waals surface area contributed by atoms with Gasteiger partial charge in [0.05, 0.1) is 6.54 Å². The smallest absolute Gasteiger partial charge is 0.339 e. The van der Waals surface area contributed by atoms with Crippen LogP contribution in [-0.2, 0) is 16.1 Å². The Morgan fingerprint density at radius 1 is 1.32 bits per heavy atom. The highest BCUT2D eigenvalue weighted by Crippen LogP contribution is 2.16. The molecule has 7 nitrogen and oxygen atoms in total. The second kappa shape index (κ2) is 8.21. The molecule has 0 spiro atoms. The number of nitrogens with one attached hydrogen (secondary N) is 1. The van der Waals surface area contributed by atoms with E-state index in [1.54, 1.807) is 14.0 Å². The van der Waals surface area contributed by atoms with Crippen molar-refractivity contribution in [1.82, 2.24) is 10.2 Å². The molecule has 0 radical (unpaired) electrons. The number of rotatable bonds is 8. The van der Waals surface area contributed by atoms with E-state index >= 15 is 0 Å². The van der Waals surface area contributed by atoms with Gasteiger partial charge < -0.3 is 19.7 Å². The van der Waals surface area contributed by atoms with Gasteiger partial charge in [0.25, 0.3) is 0 Å². The van der Waals surface area contributed by atoms with Gasteiger partial charge in [0.1, 0.15) is 17.1 Å². The summed E-state index contributed by atoms with van der Waals surface area (Å²) in [6.07, 6.45) is 1.06. The fraction of sp³-hybridized carbons (Fsp3) is 0.533. The molecule has 122 valence electrons. The zero-order chi connectivity index (χ0) is 16.7. The number of aryl methyl sites for hydroxylation is 1. The van der Waals surface area contributed by atoms with Crippen molar-refractivity contribution in [1.29, 1.82) is 0 Å². The average Bonchev–Trinajstić information content (AvgIpc) is 2.79. The Balaban J connectivity index is 2.45. The summed E-state index contributed by atoms with van der Waals surface area (Å²) in [6, 6.07) is 1.43. The normalized spacial score (nSPS) is 10.3. The van der Waals surface area contributed by atoms with Crippen LogP contribution in [0.4, 0.5) is 0 Å². The molecule has 2 amide bonds. The third-order valence-electron chi connectivity index (χ3n) is 3.19. The Labute approximate surface area is 129 Å². The highest BCUT2D eigenvalue weighted by atomic mass is 16.4. The molecule has 1 aromatic heterocycles. The van der Waals surface area contributed by atoms with E-state index in [9.17, 15) is 14.4 Å². The lowest BCUT2D eigenvalue weighted by molar-refractivity contribution is -0.130. The number of nitrogens with zero attached hydrogens (tertiary/aromatic N) is 1. The molecular weight excluding hydrogens is 288 g/mol. The molecule has 0 fully saturated rings. The maximum atomic E-state index is 11.9. The molecule has 0 aliphatic heterocycles. The summed E-state index contributed by atoms with van der Waals surface area (Å²) in [5.41, 5.74) is 0.104. The summed E-state index contributed by atoms with van der Waals surface area (Å²) < 4.78 is 5.33. The van der Waals surface area contributed by atoms with Gasteiger partial charge in [-0.2, -0.15) is 0 Å². The molecule has 0 atom stereocenters. The molecular formula is C15H22N2O5. The molecule has 22 heavy (non-hydrogen) atoms. The third kappa shape index (κ3) is 5.23. The van der Waals surface area contributed by atoms with Crippen LogP contribution in [0.5, 0.6) is 0 Å². The Bertz CT molecular complexity index is 550. The van der Waals surface area contributed by atoms with Crippen LogP contribution < -0.4 is 5.32 Å². The van der Waals surface area contributed by atoms with E-state index in [4.69, 9.17) is 9.52 Å². The first-order valence-corrected chi connectivity index (χ1v) is 7.18. The molecule has 1 heterocycles. The highest BCUT2D eigenvalue weighted by molar-refractivity contribution is 5.88. The fourth-order valence-corrected chi connectivity index (χ4v) is 2.03. The van der Waals surface area contributed by atoms with Gasteiger partial charge in [0, 0.05) is 26.4 Å². The number of hydrogen-bond donors (Lipinski definition) is 2. The van der Waals surface area contributed by atoms with E-state index in [0.29, 0.717) is 30.9 Å². The predicted octanol–water partition coefficient (Wildman–Crippen LogP) is 1.55. The van der Waals surface area contributed by atoms with Crippen molar-refractivity contribution in [2.75, 3.05) is 13.6 Å². The lowest BCUT2D eigenvalue weighted by atomic mass is 10.2. The molecule has 0 unspecified atom stereocenters. The first kappa shape index (κ1) is 17.7. The van der Waals surface area contributed by atoms with Crippen molar-refractivity contribution < 1.29 is 23.9 Å². The quantitative estimate of drug-likeness (QED) is 0.759. The average molecular weight is 310 g/mol. The lowest BCUT2D eigenvalue weighted by Crippen LogP contribution is -2.27. The van der Waals surface area contributed by atoms with Crippen LogP contribution in [0, 0.1) is 6.92 Å². The van der Waals surface area contributed by atoms with Crippen LogP contribution in [0.3, 0.4) is 0 Å². The molecule has 0 saturated heterocycles. The zero-order valence-corrected chi connectivity index (χ0v) is 13.1. The number of hydrogen-bond acceptors (Lipinski definition) is 4. The summed E-state index contributed by atoms with van der Waals surface area (Å²) in [4.78, 5) is 35.6. The van der Waals surface area contributed by atoms with Gasteiger partial charge in [-0.25, -0.2) is 4.79 Å². The number of carbonyl (C=O) groups is 3. The Morgan fingerprint density at radius 3 is 2.55 bits per heavy atom. The topological polar surface area (TPSA) is 99.9 Å². The molecule has 0 saturated carbocycles. The van der Waals surface area contributed by atoms with Gasteiger partial charge >= 0.3 is 5.97 Å². The minimum atomic E-state index is -1.05. The standard InChI is InChI=1S/C15H22N2O5/c1-4-16-13(18)6-5-7-14(19)17(3)9-11-8-12(15(20)21)10(2)22-11/h8H,4-7,9H2,1-3H3,(H,16,18)(H,20,21). The number of carbonyl (C=O) groups excluding carboxylic acids is 2. The molecule has 1 rings (SSSR count). The second-order valence-corrected chi connectivity index (χ2v) is 5.04. The van der Waals surface area contributed by atoms with E-state index in [2.05, 4.69) is 5.32 Å². The molecule has 7 heteroatoms. The van der Waals surface area contributed by atoms with E-state index in [-0.39, 0.29) is 30.3 Å². The number of aromatic carboxylic acids is 1. The van der Waals surface area contributed by atoms with Crippen LogP contribution in [0.1, 0.15) is 48.1 Å². The van der Waals surface area contributed by atoms with E-state index in [1.807, 2.05) is 6.92 Å². The van der Waals surface area contributed by atoms with Crippen LogP contribution in [-0.4, -0.2) is 41.4 Å². The van der Waals surface area contributed by atoms with Crippen molar-refractivity contribution in [2.45, 2.75) is 39.7 Å². The maximum Gasteiger partial charge on any atom is 0.339 e. The number of furan rings is 1. The highest BCUT2D eigenvalue weighted by Gasteiger charge is 2.17. The molecule has 0 bridgehead atoms. The van der Waals surface area contributed by atoms with E-state index in [1.165, 1.54) is 11.0 Å². The monoisotopic (exact) mass is 310 g/mol. The summed E-state index contributed by atoms with van der Waals surface area (Å²) in [5, 5.41) is 11.6. The van der Waals surface area contributed by atoms with Gasteiger partial charge in [-0.05, 0) is 26.3 Å². The molecule has 0 aromatic carbocycles. The Kier molecular flexibility index (Phi) is 6.62. The van der Waals surface area contributed by atoms with Gasteiger partial charge in [0.15, 0.2) is 0 Å². The summed E-state index contributed by atoms with van der Waals surface area (Å²) in [5.74, 6) is -0.488. The second-order valence-electron chi connectivity index (χ2n) is 5.04. The Morgan fingerprint density at radius 2 is 2.00 bits per heavy atom. The Hall–Kier alpha value is -2.31. The SMILES string of the molecule is CCNC(=O)CCCC(=O)N(C)Cc1cc(C(=O)O)c(C)o1. The zero-order valence-electron chi connectivity index (χ0n) is 13.1. The largest absolute Gasteiger partial charge is 0.478 e. The molecule has 2 N–H and O–H groups in total. The minimum Gasteiger partial charge on any atom is -0.478 e. The van der Waals surface area contributed by atoms with Gasteiger partial charge in [-0.1, -0.05) is 0 Å². The minimum absolute atomic E-state index is 0.0642. The maximum absolute atomic E-state index is 11.9. The first-order valence-electron chi connectivity index (χ1n) is 7.18. The van der Waals surface area contributed by atoms with Crippen molar-refractivity contribution in [3.8, 4) is 0 Å². The summed E-state index contributed by atoms with van der Waals surface area (Å²) in [6.45, 7) is 4.19. The van der Waals surface area contributed by atoms with Gasteiger partial charge in [-0.15, -0.1) is 0 Å². The fourth-order valence-electron chi connectivity index (χ4n) is 2.03. The summed E-state index contributed by atoms with van der Waals surface area (Å²) >= 11 is 0. The van der Waals surface area contributed by atoms with Crippen LogP contribution in [0.2, 0.25) is 0 Å². The first-order chi connectivity index (χ1) is 10.3. The number of carboxylic acids is 1. The van der Waals surface area contributed by atoms with Crippen molar-refractivity contribution in [2.24, 2.45) is 0 Å². The van der Waals surface area contributed by atoms with Crippen molar-refractivity contribution >= 4 is 17.8 Å². The molecule has 0 aliphatic carbocycles. The van der Waals surface area contributed by atoms with Crippen molar-refractivity contribution in [3.63, 3.8) is 0 Å². The summed E-state index contributed by atoms with van der Waals surface area (Å²) in [7, 11) is 1.62. The van der Waals surface area contributed by atoms with Gasteiger partial charge in [-0.3, -0.25) is 9.59 Å². The van der Waals surface area contributed by atoms with Crippen LogP contribution >= 0.6 is 0 Å². The third-order valence-corrected chi connectivity index (χ3v) is 3.19. The van der Waals surface area contributed by atoms with Crippen molar-refractivity contribution in [3.05, 3.63) is 23.2 Å². The van der Waals surface area contributed by atoms with Gasteiger partial charge in [0.2, 0.25) is 11.8 Å². The molecule has 0 aliphatic rings. The lowest BCUT2D eigenvalue weighted by Gasteiger charge is -2.15. The van der Waals surface area contributed by atoms with Crippen LogP contribution in [0.15, 0.2) is 10.5 Å². The predicted molar refractivity (Wildman–Crippen MR) is 79.4 cm³/mol. The van der Waals surface area contributed by atoms with E-state index < -0.39 is 5.97 Å².